The Balaban J connectivity index is 1.76. The molecule has 0 radical (unpaired) electrons. The molecular formula is C21H24N2O5S. The number of nitrogens with one attached hydrogen (secondary N) is 1. The summed E-state index contributed by atoms with van der Waals surface area (Å²) in [5, 5.41) is 2.76. The lowest BCUT2D eigenvalue weighted by Crippen LogP contribution is -2.37. The Morgan fingerprint density at radius 3 is 2.41 bits per heavy atom. The Hall–Kier alpha value is -2.87. The molecule has 0 heterocycles. The molecule has 0 bridgehead atoms. The van der Waals surface area contributed by atoms with Crippen LogP contribution in [0.1, 0.15) is 35.7 Å². The van der Waals surface area contributed by atoms with Gasteiger partial charge < -0.3 is 10.1 Å². The van der Waals surface area contributed by atoms with Gasteiger partial charge >= 0.3 is 5.97 Å². The van der Waals surface area contributed by atoms with E-state index in [1.165, 1.54) is 38.2 Å². The van der Waals surface area contributed by atoms with Crippen molar-refractivity contribution < 1.29 is 22.7 Å². The number of carbonyl (C=O) groups excluding carboxylic acids is 2. The van der Waals surface area contributed by atoms with Crippen molar-refractivity contribution >= 4 is 27.6 Å². The number of aryl methyl sites for hydroxylation is 1. The van der Waals surface area contributed by atoms with E-state index >= 15 is 0 Å². The van der Waals surface area contributed by atoms with Crippen LogP contribution in [-0.4, -0.2) is 39.5 Å². The number of hydrogen-bond acceptors (Lipinski definition) is 5. The molecule has 0 aromatic heterocycles. The molecular weight excluding hydrogens is 392 g/mol. The number of rotatable bonds is 7. The summed E-state index contributed by atoms with van der Waals surface area (Å²) in [5.74, 6) is -1.11. The zero-order chi connectivity index (χ0) is 21.2. The normalized spacial score (nSPS) is 14.7. The zero-order valence-electron chi connectivity index (χ0n) is 16.6. The van der Waals surface area contributed by atoms with Gasteiger partial charge in [0.1, 0.15) is 0 Å². The molecule has 0 unspecified atom stereocenters. The first-order valence-electron chi connectivity index (χ1n) is 9.35. The molecule has 1 aliphatic rings. The quantitative estimate of drug-likeness (QED) is 0.701. The van der Waals surface area contributed by atoms with Crippen LogP contribution in [-0.2, 0) is 19.6 Å². The summed E-state index contributed by atoms with van der Waals surface area (Å²) in [5.41, 5.74) is 1.59. The number of carbonyl (C=O) groups is 2. The van der Waals surface area contributed by atoms with Crippen LogP contribution in [0.3, 0.4) is 0 Å². The van der Waals surface area contributed by atoms with Crippen LogP contribution in [0.25, 0.3) is 0 Å². The lowest BCUT2D eigenvalue weighted by Gasteiger charge is -2.20. The van der Waals surface area contributed by atoms with Gasteiger partial charge in [-0.05, 0) is 57.0 Å². The number of benzene rings is 2. The van der Waals surface area contributed by atoms with Crippen molar-refractivity contribution in [2.75, 3.05) is 11.4 Å². The second-order valence-electron chi connectivity index (χ2n) is 7.17. The van der Waals surface area contributed by atoms with Crippen LogP contribution >= 0.6 is 0 Å². The zero-order valence-corrected chi connectivity index (χ0v) is 17.4. The lowest BCUT2D eigenvalue weighted by molar-refractivity contribution is -0.129. The van der Waals surface area contributed by atoms with Gasteiger partial charge in [0.15, 0.2) is 6.10 Å². The van der Waals surface area contributed by atoms with Gasteiger partial charge in [-0.1, -0.05) is 23.8 Å². The number of hydrogen-bond donors (Lipinski definition) is 1. The maximum Gasteiger partial charge on any atom is 0.338 e. The molecule has 8 heteroatoms. The highest BCUT2D eigenvalue weighted by Crippen LogP contribution is 2.23. The predicted octanol–water partition coefficient (Wildman–Crippen LogP) is 2.64. The van der Waals surface area contributed by atoms with E-state index in [-0.39, 0.29) is 22.4 Å². The van der Waals surface area contributed by atoms with Gasteiger partial charge in [0, 0.05) is 13.1 Å². The third kappa shape index (κ3) is 4.95. The molecule has 1 atom stereocenters. The third-order valence-electron chi connectivity index (χ3n) is 4.70. The predicted molar refractivity (Wildman–Crippen MR) is 109 cm³/mol. The minimum Gasteiger partial charge on any atom is -0.449 e. The average molecular weight is 416 g/mol. The highest BCUT2D eigenvalue weighted by Gasteiger charge is 2.28. The first kappa shape index (κ1) is 20.9. The van der Waals surface area contributed by atoms with Crippen molar-refractivity contribution in [3.05, 3.63) is 59.7 Å². The van der Waals surface area contributed by atoms with Crippen molar-refractivity contribution in [3.63, 3.8) is 0 Å². The molecule has 2 aromatic rings. The van der Waals surface area contributed by atoms with Crippen LogP contribution in [0, 0.1) is 6.92 Å². The number of amides is 1. The van der Waals surface area contributed by atoms with Gasteiger partial charge in [0.25, 0.3) is 15.9 Å². The van der Waals surface area contributed by atoms with Crippen LogP contribution in [0.15, 0.2) is 53.4 Å². The number of nitrogens with zero attached hydrogens (tertiary/aromatic N) is 1. The summed E-state index contributed by atoms with van der Waals surface area (Å²) in [4.78, 5) is 24.3. The van der Waals surface area contributed by atoms with Crippen molar-refractivity contribution in [1.29, 1.82) is 0 Å². The highest BCUT2D eigenvalue weighted by atomic mass is 32.2. The smallest absolute Gasteiger partial charge is 0.338 e. The summed E-state index contributed by atoms with van der Waals surface area (Å²) in [6, 6.07) is 12.8. The Bertz CT molecular complexity index is 1010. The van der Waals surface area contributed by atoms with E-state index in [1.807, 2.05) is 19.1 Å². The molecule has 1 fully saturated rings. The van der Waals surface area contributed by atoms with Crippen LogP contribution in [0.2, 0.25) is 0 Å². The molecule has 0 spiro atoms. The van der Waals surface area contributed by atoms with E-state index in [9.17, 15) is 18.0 Å². The molecule has 0 saturated heterocycles. The van der Waals surface area contributed by atoms with Crippen molar-refractivity contribution in [2.24, 2.45) is 0 Å². The van der Waals surface area contributed by atoms with Gasteiger partial charge in [-0.3, -0.25) is 9.10 Å². The number of ether oxygens (including phenoxy) is 1. The first-order valence-corrected chi connectivity index (χ1v) is 10.8. The lowest BCUT2D eigenvalue weighted by atomic mass is 10.2. The van der Waals surface area contributed by atoms with E-state index < -0.39 is 22.1 Å². The molecule has 1 N–H and O–H groups in total. The topological polar surface area (TPSA) is 92.8 Å². The SMILES string of the molecule is Cc1ccc(N(C)S(=O)(=O)c2cccc(C(=O)O[C@H](C)C(=O)NC3CC3)c2)cc1. The monoisotopic (exact) mass is 416 g/mol. The van der Waals surface area contributed by atoms with Crippen molar-refractivity contribution in [3.8, 4) is 0 Å². The fourth-order valence-corrected chi connectivity index (χ4v) is 3.91. The summed E-state index contributed by atoms with van der Waals surface area (Å²) in [6.45, 7) is 3.40. The van der Waals surface area contributed by atoms with E-state index in [0.29, 0.717) is 5.69 Å². The Morgan fingerprint density at radius 1 is 1.14 bits per heavy atom. The van der Waals surface area contributed by atoms with Crippen LogP contribution < -0.4 is 9.62 Å². The highest BCUT2D eigenvalue weighted by molar-refractivity contribution is 7.92. The molecule has 1 aliphatic carbocycles. The Labute approximate surface area is 170 Å². The number of esters is 1. The van der Waals surface area contributed by atoms with Gasteiger partial charge in [0.2, 0.25) is 0 Å². The molecule has 154 valence electrons. The fraction of sp³-hybridized carbons (Fsp3) is 0.333. The molecule has 1 amide bonds. The van der Waals surface area contributed by atoms with Gasteiger partial charge in [-0.25, -0.2) is 13.2 Å². The average Bonchev–Trinajstić information content (AvgIpc) is 3.52. The number of sulfonamides is 1. The summed E-state index contributed by atoms with van der Waals surface area (Å²) < 4.78 is 32.3. The minimum absolute atomic E-state index is 0.0369. The van der Waals surface area contributed by atoms with E-state index in [0.717, 1.165) is 22.7 Å². The van der Waals surface area contributed by atoms with Crippen LogP contribution in [0.4, 0.5) is 5.69 Å². The molecule has 29 heavy (non-hydrogen) atoms. The van der Waals surface area contributed by atoms with E-state index in [4.69, 9.17) is 4.74 Å². The summed E-state index contributed by atoms with van der Waals surface area (Å²) >= 11 is 0. The fourth-order valence-electron chi connectivity index (χ4n) is 2.66. The molecule has 0 aliphatic heterocycles. The Kier molecular flexibility index (Phi) is 5.93. The van der Waals surface area contributed by atoms with Gasteiger partial charge in [-0.2, -0.15) is 0 Å². The summed E-state index contributed by atoms with van der Waals surface area (Å²) in [7, 11) is -2.41. The van der Waals surface area contributed by atoms with Crippen LogP contribution in [0.5, 0.6) is 0 Å². The molecule has 2 aromatic carbocycles. The largest absolute Gasteiger partial charge is 0.449 e. The molecule has 1 saturated carbocycles. The third-order valence-corrected chi connectivity index (χ3v) is 6.48. The van der Waals surface area contributed by atoms with Crippen molar-refractivity contribution in [2.45, 2.75) is 43.7 Å². The second kappa shape index (κ2) is 8.24. The first-order chi connectivity index (χ1) is 13.7. The Morgan fingerprint density at radius 2 is 1.79 bits per heavy atom. The second-order valence-corrected chi connectivity index (χ2v) is 9.14. The van der Waals surface area contributed by atoms with E-state index in [2.05, 4.69) is 5.32 Å². The van der Waals surface area contributed by atoms with Gasteiger partial charge in [0.05, 0.1) is 16.1 Å². The van der Waals surface area contributed by atoms with E-state index in [1.54, 1.807) is 12.1 Å². The van der Waals surface area contributed by atoms with Gasteiger partial charge in [-0.15, -0.1) is 0 Å². The summed E-state index contributed by atoms with van der Waals surface area (Å²) in [6.07, 6.45) is 0.903. The maximum atomic E-state index is 13.0. The standard InChI is InChI=1S/C21H24N2O5S/c1-14-7-11-18(12-8-14)23(3)29(26,27)19-6-4-5-16(13-19)21(25)28-15(2)20(24)22-17-9-10-17/h4-8,11-13,15,17H,9-10H2,1-3H3,(H,22,24)/t15-/m1/s1. The van der Waals surface area contributed by atoms with Crippen molar-refractivity contribution in [1.82, 2.24) is 5.32 Å². The molecule has 3 rings (SSSR count). The molecule has 7 nitrogen and oxygen atoms in total. The number of anilines is 1. The maximum absolute atomic E-state index is 13.0. The minimum atomic E-state index is -3.87.